The molecular formula is C20H22FN5O2. The van der Waals surface area contributed by atoms with Crippen LogP contribution in [0.15, 0.2) is 53.3 Å². The third-order valence-electron chi connectivity index (χ3n) is 5.60. The lowest BCUT2D eigenvalue weighted by Crippen LogP contribution is -2.64. The third-order valence-corrected chi connectivity index (χ3v) is 5.60. The van der Waals surface area contributed by atoms with Gasteiger partial charge in [-0.05, 0) is 19.9 Å². The van der Waals surface area contributed by atoms with E-state index in [1.54, 1.807) is 31.3 Å². The molecule has 1 aromatic carbocycles. The largest absolute Gasteiger partial charge is 0.328 e. The number of nitrogens with zero attached hydrogens (tertiary/aromatic N) is 5. The van der Waals surface area contributed by atoms with Crippen LogP contribution in [0.3, 0.4) is 0 Å². The van der Waals surface area contributed by atoms with Crippen LogP contribution in [0.25, 0.3) is 0 Å². The van der Waals surface area contributed by atoms with Crippen molar-refractivity contribution in [1.82, 2.24) is 19.6 Å². The quantitative estimate of drug-likeness (QED) is 0.749. The first kappa shape index (κ1) is 18.2. The maximum atomic E-state index is 14.1. The van der Waals surface area contributed by atoms with E-state index in [9.17, 15) is 14.0 Å². The number of urea groups is 1. The molecule has 0 aliphatic carbocycles. The number of benzene rings is 1. The van der Waals surface area contributed by atoms with Crippen molar-refractivity contribution in [3.05, 3.63) is 59.7 Å². The number of likely N-dealkylation sites (N-methyl/N-ethyl adjacent to an activating group) is 1. The first-order valence-electron chi connectivity index (χ1n) is 9.11. The molecule has 0 spiro atoms. The number of allylic oxidation sites excluding steroid dienone is 2. The maximum absolute atomic E-state index is 14.1. The summed E-state index contributed by atoms with van der Waals surface area (Å²) < 4.78 is 14.1. The normalized spacial score (nSPS) is 24.1. The number of aliphatic imine (C=N–C) groups is 1. The molecule has 2 unspecified atom stereocenters. The minimum Gasteiger partial charge on any atom is -0.311 e. The molecule has 4 rings (SSSR count). The summed E-state index contributed by atoms with van der Waals surface area (Å²) in [5.74, 6) is -0.171. The van der Waals surface area contributed by atoms with Gasteiger partial charge < -0.3 is 9.80 Å². The van der Waals surface area contributed by atoms with Gasteiger partial charge in [-0.2, -0.15) is 0 Å². The highest BCUT2D eigenvalue weighted by Crippen LogP contribution is 2.37. The third kappa shape index (κ3) is 2.44. The molecule has 28 heavy (non-hydrogen) atoms. The first-order chi connectivity index (χ1) is 13.4. The molecule has 1 aromatic rings. The van der Waals surface area contributed by atoms with Crippen LogP contribution in [0, 0.1) is 5.82 Å². The molecule has 146 valence electrons. The Kier molecular flexibility index (Phi) is 4.21. The highest BCUT2D eigenvalue weighted by atomic mass is 19.1. The Hall–Kier alpha value is -3.16. The summed E-state index contributed by atoms with van der Waals surface area (Å²) in [5, 5.41) is 0. The van der Waals surface area contributed by atoms with E-state index in [0.717, 1.165) is 16.3 Å². The van der Waals surface area contributed by atoms with Gasteiger partial charge in [-0.3, -0.25) is 14.6 Å². The summed E-state index contributed by atoms with van der Waals surface area (Å²) >= 11 is 0. The van der Waals surface area contributed by atoms with E-state index in [0.29, 0.717) is 18.1 Å². The van der Waals surface area contributed by atoms with Gasteiger partial charge >= 0.3 is 6.03 Å². The Morgan fingerprint density at radius 3 is 2.57 bits per heavy atom. The van der Waals surface area contributed by atoms with Gasteiger partial charge in [0.2, 0.25) is 5.96 Å². The van der Waals surface area contributed by atoms with Crippen molar-refractivity contribution in [2.75, 3.05) is 13.6 Å². The van der Waals surface area contributed by atoms with E-state index in [1.807, 2.05) is 23.6 Å². The molecule has 1 saturated heterocycles. The van der Waals surface area contributed by atoms with E-state index in [2.05, 4.69) is 11.6 Å². The van der Waals surface area contributed by atoms with Gasteiger partial charge in [0.05, 0.1) is 6.54 Å². The minimum atomic E-state index is -0.658. The molecule has 1 fully saturated rings. The lowest BCUT2D eigenvalue weighted by molar-refractivity contribution is -0.137. The highest BCUT2D eigenvalue weighted by Gasteiger charge is 2.55. The molecule has 3 aliphatic rings. The summed E-state index contributed by atoms with van der Waals surface area (Å²) in [5.41, 5.74) is 2.20. The van der Waals surface area contributed by atoms with Gasteiger partial charge in [-0.25, -0.2) is 14.2 Å². The Balaban J connectivity index is 1.70. The summed E-state index contributed by atoms with van der Waals surface area (Å²) in [6.07, 6.45) is 1.16. The number of carbonyl (C=O) groups is 2. The number of carbonyl (C=O) groups excluding carboxylic acids is 2. The topological polar surface area (TPSA) is 59.5 Å². The first-order valence-corrected chi connectivity index (χ1v) is 9.11. The van der Waals surface area contributed by atoms with Crippen LogP contribution in [0.1, 0.15) is 19.4 Å². The molecule has 8 heteroatoms. The highest BCUT2D eigenvalue weighted by molar-refractivity contribution is 6.05. The van der Waals surface area contributed by atoms with Crippen molar-refractivity contribution in [1.29, 1.82) is 0 Å². The van der Waals surface area contributed by atoms with Crippen LogP contribution in [-0.4, -0.2) is 63.3 Å². The molecule has 0 bridgehead atoms. The zero-order valence-corrected chi connectivity index (χ0v) is 16.1. The monoisotopic (exact) mass is 383 g/mol. The number of amides is 3. The van der Waals surface area contributed by atoms with Crippen LogP contribution >= 0.6 is 0 Å². The van der Waals surface area contributed by atoms with E-state index in [1.165, 1.54) is 11.0 Å². The average molecular weight is 383 g/mol. The van der Waals surface area contributed by atoms with Gasteiger partial charge in [0.15, 0.2) is 12.2 Å². The fourth-order valence-electron chi connectivity index (χ4n) is 3.97. The summed E-state index contributed by atoms with van der Waals surface area (Å²) in [7, 11) is 1.62. The SMILES string of the molecule is C=CCN1C2=NC3C(C(=O)N(Cc4ccccc4F)C(=O)N3C)N2C(C)=C1C. The molecule has 0 N–H and O–H groups in total. The average Bonchev–Trinajstić information content (AvgIpc) is 3.17. The van der Waals surface area contributed by atoms with Crippen molar-refractivity contribution in [3.8, 4) is 0 Å². The molecular weight excluding hydrogens is 361 g/mol. The number of hydrogen-bond donors (Lipinski definition) is 0. The molecule has 3 heterocycles. The van der Waals surface area contributed by atoms with Crippen molar-refractivity contribution < 1.29 is 14.0 Å². The van der Waals surface area contributed by atoms with Crippen LogP contribution in [0.2, 0.25) is 0 Å². The number of imide groups is 1. The second-order valence-electron chi connectivity index (χ2n) is 7.14. The van der Waals surface area contributed by atoms with Gasteiger partial charge in [0, 0.05) is 30.5 Å². The summed E-state index contributed by atoms with van der Waals surface area (Å²) in [6, 6.07) is 5.03. The second-order valence-corrected chi connectivity index (χ2v) is 7.14. The molecule has 3 aliphatic heterocycles. The zero-order valence-electron chi connectivity index (χ0n) is 16.1. The van der Waals surface area contributed by atoms with Gasteiger partial charge in [0.1, 0.15) is 5.82 Å². The fourth-order valence-corrected chi connectivity index (χ4v) is 3.97. The van der Waals surface area contributed by atoms with E-state index in [-0.39, 0.29) is 12.5 Å². The van der Waals surface area contributed by atoms with Gasteiger partial charge in [-0.1, -0.05) is 24.3 Å². The maximum Gasteiger partial charge on any atom is 0.328 e. The predicted octanol–water partition coefficient (Wildman–Crippen LogP) is 2.34. The standard InChI is InChI=1S/C20H22FN5O2/c1-5-10-24-12(2)13(3)26-16-17(22-19(24)26)23(4)20(28)25(18(16)27)11-14-8-6-7-9-15(14)21/h5-9,16-17H,1,10-11H2,2-4H3. The Morgan fingerprint density at radius 2 is 1.89 bits per heavy atom. The molecule has 7 nitrogen and oxygen atoms in total. The second kappa shape index (κ2) is 6.47. The van der Waals surface area contributed by atoms with E-state index < -0.39 is 24.1 Å². The van der Waals surface area contributed by atoms with Crippen molar-refractivity contribution >= 4 is 17.9 Å². The van der Waals surface area contributed by atoms with Crippen LogP contribution in [0.5, 0.6) is 0 Å². The number of halogens is 1. The molecule has 0 saturated carbocycles. The number of rotatable bonds is 4. The molecule has 0 aromatic heterocycles. The number of fused-ring (bicyclic) bond motifs is 3. The zero-order chi connectivity index (χ0) is 20.2. The summed E-state index contributed by atoms with van der Waals surface area (Å²) in [4.78, 5) is 37.3. The predicted molar refractivity (Wildman–Crippen MR) is 102 cm³/mol. The molecule has 2 atom stereocenters. The van der Waals surface area contributed by atoms with Crippen LogP contribution in [0.4, 0.5) is 9.18 Å². The number of guanidine groups is 1. The Labute approximate surface area is 163 Å². The summed E-state index contributed by atoms with van der Waals surface area (Å²) in [6.45, 7) is 8.13. The van der Waals surface area contributed by atoms with Crippen LogP contribution < -0.4 is 0 Å². The van der Waals surface area contributed by atoms with E-state index >= 15 is 0 Å². The Morgan fingerprint density at radius 1 is 1.18 bits per heavy atom. The van der Waals surface area contributed by atoms with Gasteiger partial charge in [-0.15, -0.1) is 6.58 Å². The van der Waals surface area contributed by atoms with Crippen LogP contribution in [-0.2, 0) is 11.3 Å². The van der Waals surface area contributed by atoms with Crippen molar-refractivity contribution in [2.45, 2.75) is 32.6 Å². The Bertz CT molecular complexity index is 940. The van der Waals surface area contributed by atoms with Crippen molar-refractivity contribution in [2.24, 2.45) is 4.99 Å². The van der Waals surface area contributed by atoms with Crippen molar-refractivity contribution in [3.63, 3.8) is 0 Å². The molecule has 0 radical (unpaired) electrons. The van der Waals surface area contributed by atoms with E-state index in [4.69, 9.17) is 0 Å². The lowest BCUT2D eigenvalue weighted by Gasteiger charge is -2.40. The minimum absolute atomic E-state index is 0.112. The number of hydrogen-bond acceptors (Lipinski definition) is 5. The molecule has 3 amide bonds. The lowest BCUT2D eigenvalue weighted by atomic mass is 10.1. The smallest absolute Gasteiger partial charge is 0.311 e. The fraction of sp³-hybridized carbons (Fsp3) is 0.350. The van der Waals surface area contributed by atoms with Gasteiger partial charge in [0.25, 0.3) is 5.91 Å².